The Hall–Kier alpha value is -1.74. The Balaban J connectivity index is 2.51. The number of aliphatic hydroxyl groups is 1. The van der Waals surface area contributed by atoms with Gasteiger partial charge in [-0.25, -0.2) is 9.37 Å². The van der Waals surface area contributed by atoms with E-state index in [1.165, 1.54) is 0 Å². The van der Waals surface area contributed by atoms with Crippen LogP contribution in [0, 0.1) is 0 Å². The SMILES string of the molecule is OCC=C(F)c1ccc2ccccc2n1. The van der Waals surface area contributed by atoms with Gasteiger partial charge in [-0.05, 0) is 18.2 Å². The molecule has 2 aromatic rings. The summed E-state index contributed by atoms with van der Waals surface area (Å²) in [4.78, 5) is 4.14. The summed E-state index contributed by atoms with van der Waals surface area (Å²) in [6, 6.07) is 10.9. The third-order valence-corrected chi connectivity index (χ3v) is 2.11. The van der Waals surface area contributed by atoms with E-state index in [0.717, 1.165) is 17.0 Å². The summed E-state index contributed by atoms with van der Waals surface area (Å²) in [5, 5.41) is 9.54. The van der Waals surface area contributed by atoms with E-state index in [4.69, 9.17) is 5.11 Å². The van der Waals surface area contributed by atoms with E-state index in [1.807, 2.05) is 30.3 Å². The molecule has 15 heavy (non-hydrogen) atoms. The second-order valence-corrected chi connectivity index (χ2v) is 3.12. The molecule has 0 bridgehead atoms. The largest absolute Gasteiger partial charge is 0.392 e. The zero-order valence-electron chi connectivity index (χ0n) is 8.02. The van der Waals surface area contributed by atoms with E-state index in [-0.39, 0.29) is 12.3 Å². The van der Waals surface area contributed by atoms with Gasteiger partial charge < -0.3 is 5.11 Å². The molecular weight excluding hydrogens is 193 g/mol. The van der Waals surface area contributed by atoms with Gasteiger partial charge in [0.15, 0.2) is 0 Å². The van der Waals surface area contributed by atoms with Gasteiger partial charge in [0.05, 0.1) is 17.8 Å². The van der Waals surface area contributed by atoms with Gasteiger partial charge in [0.2, 0.25) is 0 Å². The molecule has 0 saturated heterocycles. The molecule has 0 unspecified atom stereocenters. The summed E-state index contributed by atoms with van der Waals surface area (Å²) >= 11 is 0. The highest BCUT2D eigenvalue weighted by molar-refractivity contribution is 5.80. The fraction of sp³-hybridized carbons (Fsp3) is 0.0833. The number of benzene rings is 1. The maximum atomic E-state index is 13.3. The van der Waals surface area contributed by atoms with Crippen LogP contribution in [0.2, 0.25) is 0 Å². The number of aliphatic hydroxyl groups excluding tert-OH is 1. The molecule has 2 nitrogen and oxygen atoms in total. The lowest BCUT2D eigenvalue weighted by Gasteiger charge is -2.00. The lowest BCUT2D eigenvalue weighted by molar-refractivity contribution is 0.342. The summed E-state index contributed by atoms with van der Waals surface area (Å²) in [6.07, 6.45) is 1.09. The van der Waals surface area contributed by atoms with E-state index in [1.54, 1.807) is 6.07 Å². The van der Waals surface area contributed by atoms with E-state index >= 15 is 0 Å². The normalized spacial score (nSPS) is 12.0. The minimum Gasteiger partial charge on any atom is -0.392 e. The predicted molar refractivity (Wildman–Crippen MR) is 57.9 cm³/mol. The molecule has 0 aliphatic carbocycles. The summed E-state index contributed by atoms with van der Waals surface area (Å²) in [7, 11) is 0. The summed E-state index contributed by atoms with van der Waals surface area (Å²) in [5.41, 5.74) is 0.999. The molecule has 0 fully saturated rings. The van der Waals surface area contributed by atoms with Crippen molar-refractivity contribution >= 4 is 16.7 Å². The second-order valence-electron chi connectivity index (χ2n) is 3.12. The Kier molecular flexibility index (Phi) is 2.74. The average Bonchev–Trinajstić information content (AvgIpc) is 2.29. The van der Waals surface area contributed by atoms with Crippen LogP contribution >= 0.6 is 0 Å². The van der Waals surface area contributed by atoms with E-state index in [2.05, 4.69) is 4.98 Å². The molecular formula is C12H10FNO. The highest BCUT2D eigenvalue weighted by Gasteiger charge is 2.02. The van der Waals surface area contributed by atoms with E-state index in [9.17, 15) is 4.39 Å². The number of halogens is 1. The topological polar surface area (TPSA) is 33.1 Å². The van der Waals surface area contributed by atoms with Crippen molar-refractivity contribution in [3.05, 3.63) is 48.2 Å². The first kappa shape index (κ1) is 9.80. The Morgan fingerprint density at radius 3 is 2.87 bits per heavy atom. The first-order valence-corrected chi connectivity index (χ1v) is 4.64. The molecule has 0 radical (unpaired) electrons. The highest BCUT2D eigenvalue weighted by Crippen LogP contribution is 2.17. The van der Waals surface area contributed by atoms with Crippen LogP contribution < -0.4 is 0 Å². The molecule has 0 spiro atoms. The maximum absolute atomic E-state index is 13.3. The molecule has 0 aliphatic rings. The van der Waals surface area contributed by atoms with Crippen LogP contribution in [0.1, 0.15) is 5.69 Å². The van der Waals surface area contributed by atoms with Crippen molar-refractivity contribution in [3.63, 3.8) is 0 Å². The number of pyridine rings is 1. The molecule has 0 aliphatic heterocycles. The van der Waals surface area contributed by atoms with Crippen molar-refractivity contribution in [2.75, 3.05) is 6.61 Å². The van der Waals surface area contributed by atoms with Gasteiger partial charge in [-0.2, -0.15) is 0 Å². The highest BCUT2D eigenvalue weighted by atomic mass is 19.1. The van der Waals surface area contributed by atoms with Crippen LogP contribution in [0.4, 0.5) is 4.39 Å². The van der Waals surface area contributed by atoms with Gasteiger partial charge in [0.25, 0.3) is 0 Å². The van der Waals surface area contributed by atoms with Crippen molar-refractivity contribution < 1.29 is 9.50 Å². The quantitative estimate of drug-likeness (QED) is 0.813. The van der Waals surface area contributed by atoms with Gasteiger partial charge in [0.1, 0.15) is 5.83 Å². The molecule has 1 heterocycles. The van der Waals surface area contributed by atoms with Crippen molar-refractivity contribution in [3.8, 4) is 0 Å². The number of fused-ring (bicyclic) bond motifs is 1. The van der Waals surface area contributed by atoms with Crippen LogP contribution in [0.3, 0.4) is 0 Å². The van der Waals surface area contributed by atoms with Crippen LogP contribution in [-0.4, -0.2) is 16.7 Å². The van der Waals surface area contributed by atoms with Gasteiger partial charge in [-0.15, -0.1) is 0 Å². The van der Waals surface area contributed by atoms with Crippen molar-refractivity contribution in [2.45, 2.75) is 0 Å². The van der Waals surface area contributed by atoms with E-state index < -0.39 is 5.83 Å². The van der Waals surface area contributed by atoms with Crippen molar-refractivity contribution in [1.29, 1.82) is 0 Å². The molecule has 2 rings (SSSR count). The van der Waals surface area contributed by atoms with Crippen LogP contribution in [-0.2, 0) is 0 Å². The molecule has 1 aromatic heterocycles. The number of hydrogen-bond donors (Lipinski definition) is 1. The summed E-state index contributed by atoms with van der Waals surface area (Å²) in [6.45, 7) is -0.319. The number of aromatic nitrogens is 1. The Bertz CT molecular complexity index is 508. The smallest absolute Gasteiger partial charge is 0.147 e. The summed E-state index contributed by atoms with van der Waals surface area (Å²) < 4.78 is 13.3. The molecule has 1 aromatic carbocycles. The zero-order valence-corrected chi connectivity index (χ0v) is 8.02. The first-order valence-electron chi connectivity index (χ1n) is 4.64. The first-order chi connectivity index (χ1) is 7.31. The fourth-order valence-corrected chi connectivity index (χ4v) is 1.38. The minimum atomic E-state index is -0.497. The molecule has 0 atom stereocenters. The van der Waals surface area contributed by atoms with Crippen molar-refractivity contribution in [2.24, 2.45) is 0 Å². The molecule has 0 saturated carbocycles. The second kappa shape index (κ2) is 4.19. The average molecular weight is 203 g/mol. The standard InChI is InChI=1S/C12H10FNO/c13-10(7-8-15)12-6-5-9-3-1-2-4-11(9)14-12/h1-7,15H,8H2. The van der Waals surface area contributed by atoms with Crippen LogP contribution in [0.15, 0.2) is 42.5 Å². The number of nitrogens with zero attached hydrogens (tertiary/aromatic N) is 1. The van der Waals surface area contributed by atoms with Crippen LogP contribution in [0.5, 0.6) is 0 Å². The maximum Gasteiger partial charge on any atom is 0.147 e. The lowest BCUT2D eigenvalue weighted by Crippen LogP contribution is -1.87. The molecule has 1 N–H and O–H groups in total. The third kappa shape index (κ3) is 2.02. The monoisotopic (exact) mass is 203 g/mol. The predicted octanol–water partition coefficient (Wildman–Crippen LogP) is 2.54. The Labute approximate surface area is 86.7 Å². The molecule has 3 heteroatoms. The van der Waals surface area contributed by atoms with Gasteiger partial charge in [-0.1, -0.05) is 24.3 Å². The van der Waals surface area contributed by atoms with Gasteiger partial charge >= 0.3 is 0 Å². The molecule has 76 valence electrons. The number of para-hydroxylation sites is 1. The van der Waals surface area contributed by atoms with Gasteiger partial charge in [-0.3, -0.25) is 0 Å². The fourth-order valence-electron chi connectivity index (χ4n) is 1.38. The van der Waals surface area contributed by atoms with E-state index in [0.29, 0.717) is 0 Å². The Morgan fingerprint density at radius 2 is 2.07 bits per heavy atom. The summed E-state index contributed by atoms with van der Waals surface area (Å²) in [5.74, 6) is -0.497. The third-order valence-electron chi connectivity index (χ3n) is 2.11. The number of hydrogen-bond acceptors (Lipinski definition) is 2. The van der Waals surface area contributed by atoms with Crippen molar-refractivity contribution in [1.82, 2.24) is 4.98 Å². The van der Waals surface area contributed by atoms with Crippen LogP contribution in [0.25, 0.3) is 16.7 Å². The minimum absolute atomic E-state index is 0.253. The van der Waals surface area contributed by atoms with Gasteiger partial charge in [0, 0.05) is 5.39 Å². The lowest BCUT2D eigenvalue weighted by atomic mass is 10.2. The zero-order chi connectivity index (χ0) is 10.7. The molecule has 0 amide bonds. The Morgan fingerprint density at radius 1 is 1.27 bits per heavy atom. The number of rotatable bonds is 2.